The molecule has 1 aliphatic rings. The summed E-state index contributed by atoms with van der Waals surface area (Å²) in [4.78, 5) is 34.5. The molecule has 2 amide bonds. The summed E-state index contributed by atoms with van der Waals surface area (Å²) >= 11 is 0. The predicted molar refractivity (Wildman–Crippen MR) is 94.0 cm³/mol. The van der Waals surface area contributed by atoms with Gasteiger partial charge in [-0.05, 0) is 61.4 Å². The van der Waals surface area contributed by atoms with Gasteiger partial charge in [-0.2, -0.15) is 0 Å². The van der Waals surface area contributed by atoms with Gasteiger partial charge in [0, 0.05) is 23.4 Å². The lowest BCUT2D eigenvalue weighted by Gasteiger charge is -2.17. The van der Waals surface area contributed by atoms with Gasteiger partial charge in [0.1, 0.15) is 5.75 Å². The van der Waals surface area contributed by atoms with E-state index in [2.05, 4.69) is 10.6 Å². The van der Waals surface area contributed by atoms with Gasteiger partial charge in [-0.1, -0.05) is 0 Å². The molecule has 0 saturated heterocycles. The Kier molecular flexibility index (Phi) is 4.79. The molecule has 0 atom stereocenters. The second kappa shape index (κ2) is 7.17. The maximum atomic E-state index is 12.0. The number of hydrogen-bond acceptors (Lipinski definition) is 4. The number of carbonyl (C=O) groups excluding carboxylic acids is 3. The quantitative estimate of drug-likeness (QED) is 0.821. The first-order valence-corrected chi connectivity index (χ1v) is 7.98. The van der Waals surface area contributed by atoms with Gasteiger partial charge in [0.25, 0.3) is 5.91 Å². The summed E-state index contributed by atoms with van der Waals surface area (Å²) in [5, 5.41) is 5.51. The molecule has 128 valence electrons. The lowest BCUT2D eigenvalue weighted by Crippen LogP contribution is -2.21. The van der Waals surface area contributed by atoms with Crippen LogP contribution in [0.25, 0.3) is 0 Å². The van der Waals surface area contributed by atoms with Crippen molar-refractivity contribution in [3.05, 3.63) is 53.6 Å². The third-order valence-electron chi connectivity index (χ3n) is 3.92. The fraction of sp³-hybridized carbons (Fsp3) is 0.211. The molecule has 1 heterocycles. The van der Waals surface area contributed by atoms with Crippen LogP contribution < -0.4 is 15.4 Å². The van der Waals surface area contributed by atoms with Gasteiger partial charge in [0.2, 0.25) is 5.91 Å². The molecule has 0 bridgehead atoms. The zero-order chi connectivity index (χ0) is 17.8. The topological polar surface area (TPSA) is 84.5 Å². The molecule has 2 N–H and O–H groups in total. The highest BCUT2D eigenvalue weighted by atomic mass is 16.5. The second-order valence-electron chi connectivity index (χ2n) is 5.84. The number of amides is 2. The van der Waals surface area contributed by atoms with Crippen LogP contribution in [0.15, 0.2) is 42.5 Å². The van der Waals surface area contributed by atoms with Gasteiger partial charge in [0.15, 0.2) is 12.4 Å². The summed E-state index contributed by atoms with van der Waals surface area (Å²) in [5.41, 5.74) is 2.98. The Hall–Kier alpha value is -3.15. The van der Waals surface area contributed by atoms with E-state index >= 15 is 0 Å². The smallest absolute Gasteiger partial charge is 0.262 e. The van der Waals surface area contributed by atoms with E-state index in [4.69, 9.17) is 4.74 Å². The van der Waals surface area contributed by atoms with E-state index in [1.807, 2.05) is 6.07 Å². The fourth-order valence-corrected chi connectivity index (χ4v) is 2.58. The SMILES string of the molecule is CC(=O)c1ccc(NC(=O)COc2ccc3c(c2)CCC(=O)N3)cc1. The molecule has 2 aromatic rings. The molecule has 0 fully saturated rings. The number of hydrogen-bond donors (Lipinski definition) is 2. The third kappa shape index (κ3) is 4.23. The van der Waals surface area contributed by atoms with Crippen LogP contribution in [0.2, 0.25) is 0 Å². The molecule has 0 spiro atoms. The highest BCUT2D eigenvalue weighted by Gasteiger charge is 2.15. The Balaban J connectivity index is 1.55. The number of ether oxygens (including phenoxy) is 1. The first kappa shape index (κ1) is 16.7. The standard InChI is InChI=1S/C19H18N2O4/c1-12(22)13-2-5-15(6-3-13)20-19(24)11-25-16-7-8-17-14(10-16)4-9-18(23)21-17/h2-3,5-8,10H,4,9,11H2,1H3,(H,20,24)(H,21,23). The number of carbonyl (C=O) groups is 3. The maximum Gasteiger partial charge on any atom is 0.262 e. The highest BCUT2D eigenvalue weighted by Crippen LogP contribution is 2.26. The minimum absolute atomic E-state index is 0.0105. The zero-order valence-electron chi connectivity index (χ0n) is 13.8. The number of anilines is 2. The summed E-state index contributed by atoms with van der Waals surface area (Å²) in [5.74, 6) is 0.278. The van der Waals surface area contributed by atoms with Crippen molar-refractivity contribution in [1.29, 1.82) is 0 Å². The summed E-state index contributed by atoms with van der Waals surface area (Å²) in [6.07, 6.45) is 1.11. The minimum Gasteiger partial charge on any atom is -0.484 e. The molecule has 3 rings (SSSR count). The number of ketones is 1. The normalized spacial score (nSPS) is 12.8. The molecule has 0 unspecified atom stereocenters. The molecule has 1 aliphatic heterocycles. The summed E-state index contributed by atoms with van der Waals surface area (Å²) in [6, 6.07) is 12.0. The van der Waals surface area contributed by atoms with E-state index in [0.717, 1.165) is 11.3 Å². The van der Waals surface area contributed by atoms with E-state index < -0.39 is 0 Å². The van der Waals surface area contributed by atoms with E-state index in [9.17, 15) is 14.4 Å². The van der Waals surface area contributed by atoms with Crippen LogP contribution in [0.4, 0.5) is 11.4 Å². The highest BCUT2D eigenvalue weighted by molar-refractivity contribution is 5.96. The Labute approximate surface area is 145 Å². The van der Waals surface area contributed by atoms with Crippen LogP contribution in [0.3, 0.4) is 0 Å². The lowest BCUT2D eigenvalue weighted by molar-refractivity contribution is -0.118. The van der Waals surface area contributed by atoms with Gasteiger partial charge in [0.05, 0.1) is 0 Å². The number of nitrogens with one attached hydrogen (secondary N) is 2. The number of fused-ring (bicyclic) bond motifs is 1. The monoisotopic (exact) mass is 338 g/mol. The Morgan fingerprint density at radius 1 is 1.12 bits per heavy atom. The van der Waals surface area contributed by atoms with Gasteiger partial charge in [-0.25, -0.2) is 0 Å². The van der Waals surface area contributed by atoms with Crippen molar-refractivity contribution in [2.75, 3.05) is 17.2 Å². The molecule has 2 aromatic carbocycles. The molecule has 0 radical (unpaired) electrons. The van der Waals surface area contributed by atoms with Crippen molar-refractivity contribution >= 4 is 29.0 Å². The molecular formula is C19H18N2O4. The van der Waals surface area contributed by atoms with Crippen molar-refractivity contribution in [2.45, 2.75) is 19.8 Å². The molecule has 0 saturated carbocycles. The second-order valence-corrected chi connectivity index (χ2v) is 5.84. The molecule has 0 aromatic heterocycles. The first-order chi connectivity index (χ1) is 12.0. The molecule has 0 aliphatic carbocycles. The summed E-state index contributed by atoms with van der Waals surface area (Å²) < 4.78 is 5.52. The van der Waals surface area contributed by atoms with E-state index in [0.29, 0.717) is 29.8 Å². The zero-order valence-corrected chi connectivity index (χ0v) is 13.8. The van der Waals surface area contributed by atoms with Crippen molar-refractivity contribution in [3.63, 3.8) is 0 Å². The van der Waals surface area contributed by atoms with Crippen LogP contribution in [0, 0.1) is 0 Å². The van der Waals surface area contributed by atoms with Crippen molar-refractivity contribution in [3.8, 4) is 5.75 Å². The number of aryl methyl sites for hydroxylation is 1. The van der Waals surface area contributed by atoms with Gasteiger partial charge in [-0.3, -0.25) is 14.4 Å². The minimum atomic E-state index is -0.290. The van der Waals surface area contributed by atoms with Gasteiger partial charge >= 0.3 is 0 Å². The summed E-state index contributed by atoms with van der Waals surface area (Å²) in [6.45, 7) is 1.37. The van der Waals surface area contributed by atoms with Crippen molar-refractivity contribution < 1.29 is 19.1 Å². The molecular weight excluding hydrogens is 320 g/mol. The molecule has 6 heteroatoms. The average Bonchev–Trinajstić information content (AvgIpc) is 2.60. The Morgan fingerprint density at radius 3 is 2.60 bits per heavy atom. The van der Waals surface area contributed by atoms with Crippen molar-refractivity contribution in [2.24, 2.45) is 0 Å². The first-order valence-electron chi connectivity index (χ1n) is 7.98. The van der Waals surface area contributed by atoms with Gasteiger partial charge in [-0.15, -0.1) is 0 Å². The lowest BCUT2D eigenvalue weighted by atomic mass is 10.0. The van der Waals surface area contributed by atoms with Crippen LogP contribution in [-0.2, 0) is 16.0 Å². The molecule has 25 heavy (non-hydrogen) atoms. The number of benzene rings is 2. The Bertz CT molecular complexity index is 828. The fourth-order valence-electron chi connectivity index (χ4n) is 2.58. The van der Waals surface area contributed by atoms with Crippen LogP contribution in [0.1, 0.15) is 29.3 Å². The number of Topliss-reactive ketones (excluding diaryl/α,β-unsaturated/α-hetero) is 1. The molecule has 6 nitrogen and oxygen atoms in total. The van der Waals surface area contributed by atoms with Gasteiger partial charge < -0.3 is 15.4 Å². The van der Waals surface area contributed by atoms with Crippen molar-refractivity contribution in [1.82, 2.24) is 0 Å². The average molecular weight is 338 g/mol. The van der Waals surface area contributed by atoms with E-state index in [1.54, 1.807) is 36.4 Å². The largest absolute Gasteiger partial charge is 0.484 e. The van der Waals surface area contributed by atoms with Crippen LogP contribution >= 0.6 is 0 Å². The van der Waals surface area contributed by atoms with Crippen LogP contribution in [0.5, 0.6) is 5.75 Å². The predicted octanol–water partition coefficient (Wildman–Crippen LogP) is 2.79. The van der Waals surface area contributed by atoms with E-state index in [-0.39, 0.29) is 24.2 Å². The van der Waals surface area contributed by atoms with E-state index in [1.165, 1.54) is 6.92 Å². The summed E-state index contributed by atoms with van der Waals surface area (Å²) in [7, 11) is 0. The maximum absolute atomic E-state index is 12.0. The number of rotatable bonds is 5. The van der Waals surface area contributed by atoms with Crippen LogP contribution in [-0.4, -0.2) is 24.2 Å². The Morgan fingerprint density at radius 2 is 1.88 bits per heavy atom. The third-order valence-corrected chi connectivity index (χ3v) is 3.92.